The molecule has 10 heavy (non-hydrogen) atoms. The van der Waals surface area contributed by atoms with Crippen LogP contribution < -0.4 is 0 Å². The van der Waals surface area contributed by atoms with E-state index in [1.807, 2.05) is 13.8 Å². The summed E-state index contributed by atoms with van der Waals surface area (Å²) in [5.74, 6) is 0. The Bertz CT molecular complexity index is 105. The van der Waals surface area contributed by atoms with Crippen LogP contribution in [0, 0.1) is 5.41 Å². The van der Waals surface area contributed by atoms with Crippen LogP contribution in [0.2, 0.25) is 0 Å². The molecule has 0 amide bonds. The van der Waals surface area contributed by atoms with Crippen LogP contribution in [0.3, 0.4) is 0 Å². The van der Waals surface area contributed by atoms with E-state index in [2.05, 4.69) is 0 Å². The Balaban J connectivity index is 2.45. The van der Waals surface area contributed by atoms with Gasteiger partial charge in [0.1, 0.15) is 0 Å². The standard InChI is InChI=1S/C7H14O3/c1-7(2,5-8)6-9-3-4-10-6/h6,8H,3-5H2,1-2H3. The van der Waals surface area contributed by atoms with Gasteiger partial charge in [-0.05, 0) is 0 Å². The summed E-state index contributed by atoms with van der Waals surface area (Å²) in [5.41, 5.74) is -0.267. The van der Waals surface area contributed by atoms with Gasteiger partial charge in [0.15, 0.2) is 6.29 Å². The lowest BCUT2D eigenvalue weighted by atomic mass is 9.94. The number of hydrogen-bond acceptors (Lipinski definition) is 3. The normalized spacial score (nSPS) is 21.9. The van der Waals surface area contributed by atoms with E-state index in [4.69, 9.17) is 14.6 Å². The van der Waals surface area contributed by atoms with Crippen LogP contribution in [0.1, 0.15) is 13.8 Å². The molecule has 0 saturated carbocycles. The third-order valence-corrected chi connectivity index (χ3v) is 1.67. The van der Waals surface area contributed by atoms with Gasteiger partial charge in [-0.1, -0.05) is 13.8 Å². The fourth-order valence-electron chi connectivity index (χ4n) is 0.884. The molecule has 1 N–H and O–H groups in total. The van der Waals surface area contributed by atoms with Crippen LogP contribution in [0.4, 0.5) is 0 Å². The molecular formula is C7H14O3. The Morgan fingerprint density at radius 1 is 1.40 bits per heavy atom. The van der Waals surface area contributed by atoms with Crippen molar-refractivity contribution in [3.63, 3.8) is 0 Å². The second kappa shape index (κ2) is 2.86. The fourth-order valence-corrected chi connectivity index (χ4v) is 0.884. The van der Waals surface area contributed by atoms with E-state index in [0.717, 1.165) is 0 Å². The minimum absolute atomic E-state index is 0.0949. The molecule has 0 aromatic heterocycles. The number of ether oxygens (including phenoxy) is 2. The Morgan fingerprint density at radius 3 is 2.30 bits per heavy atom. The second-order valence-electron chi connectivity index (χ2n) is 3.22. The lowest BCUT2D eigenvalue weighted by molar-refractivity contribution is -0.134. The first kappa shape index (κ1) is 7.98. The molecule has 0 spiro atoms. The molecule has 1 heterocycles. The van der Waals surface area contributed by atoms with Crippen LogP contribution in [-0.2, 0) is 9.47 Å². The molecule has 0 unspecified atom stereocenters. The zero-order valence-electron chi connectivity index (χ0n) is 6.46. The van der Waals surface area contributed by atoms with E-state index in [0.29, 0.717) is 13.2 Å². The van der Waals surface area contributed by atoms with Gasteiger partial charge in [-0.25, -0.2) is 0 Å². The van der Waals surface area contributed by atoms with Gasteiger partial charge in [-0.3, -0.25) is 0 Å². The molecule has 0 radical (unpaired) electrons. The average Bonchev–Trinajstić information content (AvgIpc) is 2.38. The molecule has 1 rings (SSSR count). The largest absolute Gasteiger partial charge is 0.396 e. The molecule has 0 bridgehead atoms. The number of aliphatic hydroxyl groups excluding tert-OH is 1. The Hall–Kier alpha value is -0.120. The van der Waals surface area contributed by atoms with E-state index in [-0.39, 0.29) is 18.3 Å². The summed E-state index contributed by atoms with van der Waals surface area (Å²) in [4.78, 5) is 0. The van der Waals surface area contributed by atoms with Crippen LogP contribution in [0.5, 0.6) is 0 Å². The summed E-state index contributed by atoms with van der Waals surface area (Å²) in [7, 11) is 0. The summed E-state index contributed by atoms with van der Waals surface area (Å²) in [5, 5.41) is 8.89. The van der Waals surface area contributed by atoms with E-state index >= 15 is 0 Å². The highest BCUT2D eigenvalue weighted by Gasteiger charge is 2.33. The monoisotopic (exact) mass is 146 g/mol. The summed E-state index contributed by atoms with van der Waals surface area (Å²) in [6, 6.07) is 0. The van der Waals surface area contributed by atoms with Crippen LogP contribution in [-0.4, -0.2) is 31.2 Å². The van der Waals surface area contributed by atoms with Gasteiger partial charge in [0.25, 0.3) is 0 Å². The third kappa shape index (κ3) is 1.48. The predicted molar refractivity (Wildman–Crippen MR) is 36.6 cm³/mol. The summed E-state index contributed by atoms with van der Waals surface area (Å²) < 4.78 is 10.5. The minimum Gasteiger partial charge on any atom is -0.396 e. The first-order valence-corrected chi connectivity index (χ1v) is 3.51. The molecule has 60 valence electrons. The van der Waals surface area contributed by atoms with Crippen LogP contribution in [0.25, 0.3) is 0 Å². The lowest BCUT2D eigenvalue weighted by Gasteiger charge is -2.26. The van der Waals surface area contributed by atoms with Crippen LogP contribution >= 0.6 is 0 Å². The van der Waals surface area contributed by atoms with Gasteiger partial charge in [0, 0.05) is 5.41 Å². The topological polar surface area (TPSA) is 38.7 Å². The average molecular weight is 146 g/mol. The minimum atomic E-state index is -0.267. The van der Waals surface area contributed by atoms with Gasteiger partial charge in [-0.15, -0.1) is 0 Å². The van der Waals surface area contributed by atoms with Crippen molar-refractivity contribution >= 4 is 0 Å². The number of aliphatic hydroxyl groups is 1. The highest BCUT2D eigenvalue weighted by molar-refractivity contribution is 4.73. The third-order valence-electron chi connectivity index (χ3n) is 1.67. The highest BCUT2D eigenvalue weighted by Crippen LogP contribution is 2.25. The molecule has 0 atom stereocenters. The quantitative estimate of drug-likeness (QED) is 0.612. The molecule has 0 aromatic carbocycles. The van der Waals surface area contributed by atoms with E-state index in [1.54, 1.807) is 0 Å². The van der Waals surface area contributed by atoms with Crippen molar-refractivity contribution in [1.82, 2.24) is 0 Å². The van der Waals surface area contributed by atoms with Gasteiger partial charge in [0.2, 0.25) is 0 Å². The molecule has 1 aliphatic heterocycles. The maximum atomic E-state index is 8.89. The maximum absolute atomic E-state index is 8.89. The van der Waals surface area contributed by atoms with E-state index < -0.39 is 0 Å². The number of hydrogen-bond donors (Lipinski definition) is 1. The molecule has 1 aliphatic rings. The summed E-state index contributed by atoms with van der Waals surface area (Å²) in [6.07, 6.45) is -0.225. The molecule has 3 nitrogen and oxygen atoms in total. The van der Waals surface area contributed by atoms with Crippen molar-refractivity contribution in [1.29, 1.82) is 0 Å². The Morgan fingerprint density at radius 2 is 1.90 bits per heavy atom. The zero-order chi connectivity index (χ0) is 7.61. The molecule has 0 aliphatic carbocycles. The van der Waals surface area contributed by atoms with E-state index in [1.165, 1.54) is 0 Å². The molecular weight excluding hydrogens is 132 g/mol. The predicted octanol–water partition coefficient (Wildman–Crippen LogP) is 0.378. The van der Waals surface area contributed by atoms with Crippen LogP contribution in [0.15, 0.2) is 0 Å². The maximum Gasteiger partial charge on any atom is 0.165 e. The van der Waals surface area contributed by atoms with Crippen molar-refractivity contribution in [2.24, 2.45) is 5.41 Å². The molecule has 1 saturated heterocycles. The van der Waals surface area contributed by atoms with E-state index in [9.17, 15) is 0 Å². The Kier molecular flexibility index (Phi) is 2.28. The summed E-state index contributed by atoms with van der Waals surface area (Å²) in [6.45, 7) is 5.23. The summed E-state index contributed by atoms with van der Waals surface area (Å²) >= 11 is 0. The fraction of sp³-hybridized carbons (Fsp3) is 1.00. The second-order valence-corrected chi connectivity index (χ2v) is 3.22. The first-order chi connectivity index (χ1) is 4.67. The van der Waals surface area contributed by atoms with Crippen molar-refractivity contribution in [3.05, 3.63) is 0 Å². The SMILES string of the molecule is CC(C)(CO)C1OCCO1. The molecule has 1 fully saturated rings. The van der Waals surface area contributed by atoms with Crippen molar-refractivity contribution < 1.29 is 14.6 Å². The highest BCUT2D eigenvalue weighted by atomic mass is 16.7. The van der Waals surface area contributed by atoms with Crippen molar-refractivity contribution in [3.8, 4) is 0 Å². The van der Waals surface area contributed by atoms with Crippen molar-refractivity contribution in [2.45, 2.75) is 20.1 Å². The van der Waals surface area contributed by atoms with Gasteiger partial charge < -0.3 is 14.6 Å². The molecule has 3 heteroatoms. The smallest absolute Gasteiger partial charge is 0.165 e. The first-order valence-electron chi connectivity index (χ1n) is 3.51. The Labute approximate surface area is 60.9 Å². The van der Waals surface area contributed by atoms with Gasteiger partial charge in [-0.2, -0.15) is 0 Å². The van der Waals surface area contributed by atoms with Gasteiger partial charge in [0.05, 0.1) is 19.8 Å². The van der Waals surface area contributed by atoms with Gasteiger partial charge >= 0.3 is 0 Å². The van der Waals surface area contributed by atoms with Crippen molar-refractivity contribution in [2.75, 3.05) is 19.8 Å². The zero-order valence-corrected chi connectivity index (χ0v) is 6.46. The molecule has 0 aromatic rings. The lowest BCUT2D eigenvalue weighted by Crippen LogP contribution is -2.33. The number of rotatable bonds is 2.